The Morgan fingerprint density at radius 2 is 1.04 bits per heavy atom. The van der Waals surface area contributed by atoms with Gasteiger partial charge in [-0.3, -0.25) is 4.98 Å². The van der Waals surface area contributed by atoms with Crippen LogP contribution in [-0.4, -0.2) is 15.0 Å². The molecule has 57 heavy (non-hydrogen) atoms. The summed E-state index contributed by atoms with van der Waals surface area (Å²) in [6, 6.07) is 67.1. The molecule has 9 aromatic rings. The SMILES string of the molecule is c1ccc(-c2nc(-c3cccc(-c4ccc5c(c4)Oc4ccc6c(c4O5)-c4ccccc4C6(c4ccccc4)c4ccccc4)c3)cc(-c3ccccn3)n2)cc1. The van der Waals surface area contributed by atoms with Crippen LogP contribution in [0.5, 0.6) is 23.0 Å². The van der Waals surface area contributed by atoms with Crippen molar-refractivity contribution in [3.05, 3.63) is 223 Å². The molecule has 0 N–H and O–H groups in total. The van der Waals surface area contributed by atoms with Crippen LogP contribution in [0.2, 0.25) is 0 Å². The molecule has 5 heteroatoms. The minimum absolute atomic E-state index is 0.522. The van der Waals surface area contributed by atoms with Gasteiger partial charge in [0, 0.05) is 22.9 Å². The summed E-state index contributed by atoms with van der Waals surface area (Å²) in [5, 5.41) is 0. The molecule has 1 aliphatic carbocycles. The summed E-state index contributed by atoms with van der Waals surface area (Å²) in [4.78, 5) is 14.5. The Kier molecular flexibility index (Phi) is 7.64. The number of aromatic nitrogens is 3. The fraction of sp³-hybridized carbons (Fsp3) is 0.0192. The topological polar surface area (TPSA) is 57.1 Å². The monoisotopic (exact) mass is 731 g/mol. The second-order valence-corrected chi connectivity index (χ2v) is 14.3. The first kappa shape index (κ1) is 32.8. The van der Waals surface area contributed by atoms with Gasteiger partial charge >= 0.3 is 0 Å². The molecule has 3 heterocycles. The number of ether oxygens (including phenoxy) is 2. The standard InChI is InChI=1S/C52H33N3O2/c1-4-15-34(16-5-1)51-54-44(33-45(55-51)43-25-12-13-30-53-43)37-18-14-17-35(31-37)36-26-28-46-48(32-36)56-47-29-27-42-49(50(47)57-46)40-23-10-11-24-41(40)52(42,38-19-6-2-7-20-38)39-21-8-3-9-22-39/h1-33H. The Labute approximate surface area is 330 Å². The van der Waals surface area contributed by atoms with E-state index in [1.165, 1.54) is 22.3 Å². The number of fused-ring (bicyclic) bond motifs is 6. The fourth-order valence-electron chi connectivity index (χ4n) is 8.56. The lowest BCUT2D eigenvalue weighted by Crippen LogP contribution is -2.28. The third-order valence-electron chi connectivity index (χ3n) is 11.1. The van der Waals surface area contributed by atoms with Crippen molar-refractivity contribution in [3.8, 4) is 79.3 Å². The number of nitrogens with zero attached hydrogens (tertiary/aromatic N) is 3. The average Bonchev–Trinajstić information content (AvgIpc) is 3.61. The van der Waals surface area contributed by atoms with Crippen molar-refractivity contribution >= 4 is 0 Å². The first-order chi connectivity index (χ1) is 28.2. The first-order valence-corrected chi connectivity index (χ1v) is 19.1. The van der Waals surface area contributed by atoms with Crippen LogP contribution >= 0.6 is 0 Å². The summed E-state index contributed by atoms with van der Waals surface area (Å²) in [7, 11) is 0. The van der Waals surface area contributed by atoms with Gasteiger partial charge in [-0.25, -0.2) is 9.97 Å². The van der Waals surface area contributed by atoms with Crippen molar-refractivity contribution in [1.29, 1.82) is 0 Å². The van der Waals surface area contributed by atoms with Gasteiger partial charge in [-0.15, -0.1) is 0 Å². The van der Waals surface area contributed by atoms with E-state index in [-0.39, 0.29) is 0 Å². The molecule has 7 aromatic carbocycles. The normalized spacial score (nSPS) is 13.0. The predicted octanol–water partition coefficient (Wildman–Crippen LogP) is 12.8. The zero-order valence-corrected chi connectivity index (χ0v) is 30.7. The van der Waals surface area contributed by atoms with Crippen LogP contribution in [0.4, 0.5) is 0 Å². The Morgan fingerprint density at radius 3 is 1.81 bits per heavy atom. The Morgan fingerprint density at radius 1 is 0.386 bits per heavy atom. The van der Waals surface area contributed by atoms with E-state index < -0.39 is 5.41 Å². The van der Waals surface area contributed by atoms with Gasteiger partial charge in [0.25, 0.3) is 0 Å². The molecule has 0 spiro atoms. The van der Waals surface area contributed by atoms with Crippen molar-refractivity contribution in [3.63, 3.8) is 0 Å². The maximum atomic E-state index is 6.89. The lowest BCUT2D eigenvalue weighted by atomic mass is 9.68. The highest BCUT2D eigenvalue weighted by Crippen LogP contribution is 2.62. The van der Waals surface area contributed by atoms with E-state index in [1.807, 2.05) is 60.7 Å². The average molecular weight is 732 g/mol. The van der Waals surface area contributed by atoms with Gasteiger partial charge in [-0.1, -0.05) is 152 Å². The van der Waals surface area contributed by atoms with Crippen LogP contribution in [0.3, 0.4) is 0 Å². The van der Waals surface area contributed by atoms with Gasteiger partial charge < -0.3 is 9.47 Å². The number of hydrogen-bond acceptors (Lipinski definition) is 5. The predicted molar refractivity (Wildman–Crippen MR) is 225 cm³/mol. The summed E-state index contributed by atoms with van der Waals surface area (Å²) < 4.78 is 13.6. The van der Waals surface area contributed by atoms with Crippen LogP contribution in [0, 0.1) is 0 Å². The van der Waals surface area contributed by atoms with Gasteiger partial charge in [0.2, 0.25) is 0 Å². The molecule has 2 aliphatic rings. The van der Waals surface area contributed by atoms with E-state index >= 15 is 0 Å². The molecule has 2 aromatic heterocycles. The Hall–Kier alpha value is -7.63. The highest BCUT2D eigenvalue weighted by atomic mass is 16.6. The van der Waals surface area contributed by atoms with Crippen molar-refractivity contribution in [2.24, 2.45) is 0 Å². The Bertz CT molecular complexity index is 2850. The molecule has 0 radical (unpaired) electrons. The number of hydrogen-bond donors (Lipinski definition) is 0. The van der Waals surface area contributed by atoms with Crippen LogP contribution in [0.1, 0.15) is 22.3 Å². The van der Waals surface area contributed by atoms with Crippen molar-refractivity contribution < 1.29 is 9.47 Å². The molecule has 268 valence electrons. The quantitative estimate of drug-likeness (QED) is 0.170. The van der Waals surface area contributed by atoms with Gasteiger partial charge in [-0.05, 0) is 81.4 Å². The van der Waals surface area contributed by atoms with Crippen LogP contribution in [-0.2, 0) is 5.41 Å². The highest BCUT2D eigenvalue weighted by molar-refractivity contribution is 5.92. The fourth-order valence-corrected chi connectivity index (χ4v) is 8.56. The van der Waals surface area contributed by atoms with Crippen LogP contribution in [0.15, 0.2) is 200 Å². The van der Waals surface area contributed by atoms with Crippen LogP contribution < -0.4 is 9.47 Å². The zero-order chi connectivity index (χ0) is 37.8. The van der Waals surface area contributed by atoms with Crippen molar-refractivity contribution in [2.75, 3.05) is 0 Å². The second kappa shape index (κ2) is 13.3. The smallest absolute Gasteiger partial charge is 0.178 e. The van der Waals surface area contributed by atoms with E-state index in [0.717, 1.165) is 56.2 Å². The minimum Gasteiger partial charge on any atom is -0.449 e. The molecule has 0 saturated heterocycles. The maximum Gasteiger partial charge on any atom is 0.178 e. The van der Waals surface area contributed by atoms with E-state index in [2.05, 4.69) is 138 Å². The minimum atomic E-state index is -0.522. The summed E-state index contributed by atoms with van der Waals surface area (Å²) in [5.41, 5.74) is 12.8. The molecule has 0 amide bonds. The van der Waals surface area contributed by atoms with Gasteiger partial charge in [-0.2, -0.15) is 0 Å². The van der Waals surface area contributed by atoms with Crippen molar-refractivity contribution in [1.82, 2.24) is 15.0 Å². The van der Waals surface area contributed by atoms with Crippen LogP contribution in [0.25, 0.3) is 56.3 Å². The Balaban J connectivity index is 0.985. The molecule has 1 aliphatic heterocycles. The molecule has 11 rings (SSSR count). The lowest BCUT2D eigenvalue weighted by Gasteiger charge is -2.34. The molecular formula is C52H33N3O2. The van der Waals surface area contributed by atoms with Gasteiger partial charge in [0.15, 0.2) is 28.8 Å². The molecular weight excluding hydrogens is 699 g/mol. The third-order valence-corrected chi connectivity index (χ3v) is 11.1. The molecule has 0 bridgehead atoms. The highest BCUT2D eigenvalue weighted by Gasteiger charge is 2.48. The molecule has 0 saturated carbocycles. The van der Waals surface area contributed by atoms with E-state index in [0.29, 0.717) is 23.1 Å². The van der Waals surface area contributed by atoms with E-state index in [1.54, 1.807) is 6.20 Å². The third kappa shape index (κ3) is 5.35. The molecule has 0 fully saturated rings. The van der Waals surface area contributed by atoms with E-state index in [9.17, 15) is 0 Å². The van der Waals surface area contributed by atoms with Gasteiger partial charge in [0.05, 0.1) is 22.5 Å². The maximum absolute atomic E-state index is 6.89. The summed E-state index contributed by atoms with van der Waals surface area (Å²) in [6.45, 7) is 0. The second-order valence-electron chi connectivity index (χ2n) is 14.3. The van der Waals surface area contributed by atoms with Gasteiger partial charge in [0.1, 0.15) is 0 Å². The summed E-state index contributed by atoms with van der Waals surface area (Å²) >= 11 is 0. The summed E-state index contributed by atoms with van der Waals surface area (Å²) in [5.74, 6) is 3.41. The summed E-state index contributed by atoms with van der Waals surface area (Å²) in [6.07, 6.45) is 1.79. The first-order valence-electron chi connectivity index (χ1n) is 19.1. The zero-order valence-electron chi connectivity index (χ0n) is 30.7. The van der Waals surface area contributed by atoms with E-state index in [4.69, 9.17) is 19.4 Å². The molecule has 0 unspecified atom stereocenters. The number of benzene rings is 7. The molecule has 0 atom stereocenters. The lowest BCUT2D eigenvalue weighted by molar-refractivity contribution is 0.360. The number of rotatable bonds is 6. The number of pyridine rings is 1. The molecule has 5 nitrogen and oxygen atoms in total. The van der Waals surface area contributed by atoms with Crippen molar-refractivity contribution in [2.45, 2.75) is 5.41 Å². The largest absolute Gasteiger partial charge is 0.449 e.